The molecule has 2 rings (SSSR count). The predicted molar refractivity (Wildman–Crippen MR) is 88.6 cm³/mol. The molecule has 1 heterocycles. The Kier molecular flexibility index (Phi) is 5.06. The van der Waals surface area contributed by atoms with Gasteiger partial charge in [-0.1, -0.05) is 12.2 Å². The van der Waals surface area contributed by atoms with Gasteiger partial charge in [-0.25, -0.2) is 4.79 Å². The highest BCUT2D eigenvalue weighted by atomic mass is 16.6. The first kappa shape index (κ1) is 16.3. The molecular weight excluding hydrogens is 278 g/mol. The van der Waals surface area contributed by atoms with Crippen molar-refractivity contribution in [2.45, 2.75) is 45.6 Å². The van der Waals surface area contributed by atoms with Crippen LogP contribution in [0.4, 0.5) is 4.79 Å². The molecule has 0 atom stereocenters. The average Bonchev–Trinajstić information content (AvgIpc) is 2.47. The highest BCUT2D eigenvalue weighted by Gasteiger charge is 2.27. The number of rotatable bonds is 1. The summed E-state index contributed by atoms with van der Waals surface area (Å²) < 4.78 is 5.41. The first-order valence-electron chi connectivity index (χ1n) is 7.72. The second-order valence-corrected chi connectivity index (χ2v) is 6.51. The summed E-state index contributed by atoms with van der Waals surface area (Å²) in [6.07, 6.45) is 10.3. The molecule has 0 aromatic rings. The molecule has 0 radical (unpaired) electrons. The van der Waals surface area contributed by atoms with Gasteiger partial charge in [0.15, 0.2) is 0 Å². The summed E-state index contributed by atoms with van der Waals surface area (Å²) in [6, 6.07) is 0. The van der Waals surface area contributed by atoms with E-state index >= 15 is 0 Å². The largest absolute Gasteiger partial charge is 0.444 e. The molecular formula is C17H25N3O2. The summed E-state index contributed by atoms with van der Waals surface area (Å²) in [4.78, 5) is 18.5. The van der Waals surface area contributed by atoms with E-state index in [9.17, 15) is 4.79 Å². The van der Waals surface area contributed by atoms with Crippen molar-refractivity contribution in [2.75, 3.05) is 13.1 Å². The molecule has 2 N–H and O–H groups in total. The van der Waals surface area contributed by atoms with Crippen molar-refractivity contribution in [1.29, 1.82) is 0 Å². The van der Waals surface area contributed by atoms with E-state index in [1.807, 2.05) is 26.8 Å². The molecule has 0 aromatic carbocycles. The molecule has 0 spiro atoms. The van der Waals surface area contributed by atoms with Gasteiger partial charge >= 0.3 is 6.09 Å². The molecule has 2 aliphatic rings. The van der Waals surface area contributed by atoms with Crippen LogP contribution in [0.15, 0.2) is 40.7 Å². The van der Waals surface area contributed by atoms with E-state index in [0.29, 0.717) is 19.5 Å². The number of piperidine rings is 1. The number of nitrogens with two attached hydrogens (primary N) is 1. The monoisotopic (exact) mass is 303 g/mol. The van der Waals surface area contributed by atoms with E-state index in [4.69, 9.17) is 10.5 Å². The van der Waals surface area contributed by atoms with Crippen molar-refractivity contribution in [3.8, 4) is 0 Å². The fourth-order valence-corrected chi connectivity index (χ4v) is 2.37. The summed E-state index contributed by atoms with van der Waals surface area (Å²) in [6.45, 7) is 6.64. The number of allylic oxidation sites excluding steroid dienone is 3. The van der Waals surface area contributed by atoms with Crippen LogP contribution in [0.2, 0.25) is 0 Å². The first-order valence-corrected chi connectivity index (χ1v) is 7.72. The first-order chi connectivity index (χ1) is 10.4. The zero-order valence-electron chi connectivity index (χ0n) is 13.6. The number of hydrogen-bond donors (Lipinski definition) is 1. The Morgan fingerprint density at radius 3 is 2.77 bits per heavy atom. The highest BCUT2D eigenvalue weighted by molar-refractivity contribution is 6.02. The quantitative estimate of drug-likeness (QED) is 0.809. The Hall–Kier alpha value is -2.04. The van der Waals surface area contributed by atoms with Gasteiger partial charge in [-0.2, -0.15) is 0 Å². The van der Waals surface area contributed by atoms with Gasteiger partial charge in [0.25, 0.3) is 0 Å². The minimum atomic E-state index is -0.490. The molecule has 120 valence electrons. The third-order valence-electron chi connectivity index (χ3n) is 3.44. The molecule has 0 unspecified atom stereocenters. The standard InChI is InChI=1S/C17H25N3O2/c1-17(2,3)22-16(21)20-10-9-15(13(11-18)12-20)19-14-7-5-4-6-8-14/h5,7-8,11H,4,6,9-10,12,18H2,1-3H3. The molecule has 1 fully saturated rings. The van der Waals surface area contributed by atoms with E-state index in [1.54, 1.807) is 11.1 Å². The van der Waals surface area contributed by atoms with Crippen LogP contribution in [0.5, 0.6) is 0 Å². The van der Waals surface area contributed by atoms with Crippen molar-refractivity contribution in [3.05, 3.63) is 35.7 Å². The van der Waals surface area contributed by atoms with E-state index in [2.05, 4.69) is 17.1 Å². The SMILES string of the molecule is CC(C)(C)OC(=O)N1CCC(=NC2=CCCC=C2)C(=CN)C1. The lowest BCUT2D eigenvalue weighted by Gasteiger charge is -2.31. The number of likely N-dealkylation sites (tertiary alicyclic amines) is 1. The lowest BCUT2D eigenvalue weighted by molar-refractivity contribution is 0.0267. The van der Waals surface area contributed by atoms with Crippen LogP contribution >= 0.6 is 0 Å². The molecule has 0 aromatic heterocycles. The second kappa shape index (κ2) is 6.81. The lowest BCUT2D eigenvalue weighted by Crippen LogP contribution is -2.43. The minimum absolute atomic E-state index is 0.303. The van der Waals surface area contributed by atoms with Gasteiger partial charge in [-0.15, -0.1) is 0 Å². The number of ether oxygens (including phenoxy) is 1. The number of aliphatic imine (C=N–C) groups is 1. The van der Waals surface area contributed by atoms with E-state index < -0.39 is 5.60 Å². The average molecular weight is 303 g/mol. The fourth-order valence-electron chi connectivity index (χ4n) is 2.37. The van der Waals surface area contributed by atoms with E-state index in [-0.39, 0.29) is 6.09 Å². The Morgan fingerprint density at radius 2 is 2.18 bits per heavy atom. The van der Waals surface area contributed by atoms with Crippen LogP contribution in [-0.2, 0) is 4.74 Å². The van der Waals surface area contributed by atoms with Gasteiger partial charge in [0, 0.05) is 30.5 Å². The van der Waals surface area contributed by atoms with Crippen molar-refractivity contribution in [3.63, 3.8) is 0 Å². The van der Waals surface area contributed by atoms with Crippen LogP contribution in [0.1, 0.15) is 40.0 Å². The molecule has 0 saturated carbocycles. The molecule has 1 aliphatic carbocycles. The molecule has 1 amide bonds. The number of nitrogens with zero attached hydrogens (tertiary/aromatic N) is 2. The Labute approximate surface area is 132 Å². The van der Waals surface area contributed by atoms with Crippen LogP contribution in [0.25, 0.3) is 0 Å². The third kappa shape index (κ3) is 4.48. The molecule has 5 heteroatoms. The summed E-state index contributed by atoms with van der Waals surface area (Å²) in [5, 5.41) is 0. The maximum absolute atomic E-state index is 12.1. The molecule has 1 aliphatic heterocycles. The Balaban J connectivity index is 2.06. The van der Waals surface area contributed by atoms with Gasteiger partial charge in [0.2, 0.25) is 0 Å². The maximum atomic E-state index is 12.1. The van der Waals surface area contributed by atoms with Gasteiger partial charge in [0.05, 0.1) is 12.2 Å². The van der Waals surface area contributed by atoms with Gasteiger partial charge in [0.1, 0.15) is 5.60 Å². The predicted octanol–water partition coefficient (Wildman–Crippen LogP) is 3.14. The van der Waals surface area contributed by atoms with Crippen LogP contribution in [0.3, 0.4) is 0 Å². The van der Waals surface area contributed by atoms with Crippen LogP contribution in [0, 0.1) is 0 Å². The van der Waals surface area contributed by atoms with Crippen molar-refractivity contribution < 1.29 is 9.53 Å². The Morgan fingerprint density at radius 1 is 1.41 bits per heavy atom. The summed E-state index contributed by atoms with van der Waals surface area (Å²) in [5.74, 6) is 0. The summed E-state index contributed by atoms with van der Waals surface area (Å²) in [5.41, 5.74) is 8.06. The van der Waals surface area contributed by atoms with Crippen LogP contribution < -0.4 is 5.73 Å². The molecule has 1 saturated heterocycles. The van der Waals surface area contributed by atoms with E-state index in [1.165, 1.54) is 0 Å². The Bertz CT molecular complexity index is 551. The maximum Gasteiger partial charge on any atom is 0.410 e. The van der Waals surface area contributed by atoms with Gasteiger partial charge in [-0.3, -0.25) is 4.99 Å². The zero-order chi connectivity index (χ0) is 16.2. The summed E-state index contributed by atoms with van der Waals surface area (Å²) >= 11 is 0. The smallest absolute Gasteiger partial charge is 0.410 e. The van der Waals surface area contributed by atoms with Crippen molar-refractivity contribution in [2.24, 2.45) is 10.7 Å². The van der Waals surface area contributed by atoms with Crippen LogP contribution in [-0.4, -0.2) is 35.4 Å². The van der Waals surface area contributed by atoms with Crippen molar-refractivity contribution >= 4 is 11.8 Å². The van der Waals surface area contributed by atoms with Gasteiger partial charge < -0.3 is 15.4 Å². The number of hydrogen-bond acceptors (Lipinski definition) is 4. The minimum Gasteiger partial charge on any atom is -0.444 e. The lowest BCUT2D eigenvalue weighted by atomic mass is 10.0. The zero-order valence-corrected chi connectivity index (χ0v) is 13.6. The molecule has 5 nitrogen and oxygen atoms in total. The second-order valence-electron chi connectivity index (χ2n) is 6.51. The summed E-state index contributed by atoms with van der Waals surface area (Å²) in [7, 11) is 0. The fraction of sp³-hybridized carbons (Fsp3) is 0.529. The van der Waals surface area contributed by atoms with Gasteiger partial charge in [-0.05, 0) is 39.7 Å². The number of carbonyl (C=O) groups is 1. The number of amides is 1. The van der Waals surface area contributed by atoms with Crippen molar-refractivity contribution in [1.82, 2.24) is 4.90 Å². The van der Waals surface area contributed by atoms with E-state index in [0.717, 1.165) is 29.8 Å². The molecule has 0 bridgehead atoms. The normalized spacial score (nSPS) is 22.9. The number of carbonyl (C=O) groups excluding carboxylic acids is 1. The highest BCUT2D eigenvalue weighted by Crippen LogP contribution is 2.19. The molecule has 22 heavy (non-hydrogen) atoms. The topological polar surface area (TPSA) is 67.9 Å². The third-order valence-corrected chi connectivity index (χ3v) is 3.44.